The van der Waals surface area contributed by atoms with E-state index in [1.165, 1.54) is 31.0 Å². The number of benzene rings is 1. The third-order valence-electron chi connectivity index (χ3n) is 5.87. The monoisotopic (exact) mass is 435 g/mol. The number of carbonyl (C=O) groups excluding carboxylic acids is 1. The topological polar surface area (TPSA) is 76.5 Å². The lowest BCUT2D eigenvalue weighted by Gasteiger charge is -2.25. The van der Waals surface area contributed by atoms with E-state index in [-0.39, 0.29) is 11.7 Å². The summed E-state index contributed by atoms with van der Waals surface area (Å²) in [6, 6.07) is 14.1. The van der Waals surface area contributed by atoms with Crippen molar-refractivity contribution >= 4 is 23.4 Å². The van der Waals surface area contributed by atoms with Gasteiger partial charge in [0.2, 0.25) is 5.82 Å². The lowest BCUT2D eigenvalue weighted by Crippen LogP contribution is -2.25. The molecule has 7 nitrogen and oxygen atoms in total. The maximum atomic E-state index is 12.8. The van der Waals surface area contributed by atoms with Crippen LogP contribution in [0.15, 0.2) is 63.4 Å². The summed E-state index contributed by atoms with van der Waals surface area (Å²) >= 11 is 1.44. The number of hydrazone groups is 1. The van der Waals surface area contributed by atoms with Crippen molar-refractivity contribution in [1.29, 1.82) is 0 Å². The highest BCUT2D eigenvalue weighted by Crippen LogP contribution is 2.35. The van der Waals surface area contributed by atoms with Crippen LogP contribution in [0.25, 0.3) is 11.6 Å². The minimum atomic E-state index is -0.00586. The van der Waals surface area contributed by atoms with E-state index in [1.807, 2.05) is 42.5 Å². The minimum absolute atomic E-state index is 0.00586. The number of furan rings is 1. The van der Waals surface area contributed by atoms with Gasteiger partial charge in [0.1, 0.15) is 0 Å². The zero-order valence-corrected chi connectivity index (χ0v) is 18.1. The fraction of sp³-hybridized carbons (Fsp3) is 0.391. The van der Waals surface area contributed by atoms with Crippen LogP contribution >= 0.6 is 11.8 Å². The molecule has 0 saturated heterocycles. The Balaban J connectivity index is 1.31. The molecule has 0 N–H and O–H groups in total. The number of amides is 1. The van der Waals surface area contributed by atoms with Gasteiger partial charge in [0.05, 0.1) is 24.3 Å². The van der Waals surface area contributed by atoms with Crippen LogP contribution in [-0.2, 0) is 4.79 Å². The molecule has 3 heterocycles. The first kappa shape index (κ1) is 20.1. The van der Waals surface area contributed by atoms with E-state index in [1.54, 1.807) is 11.3 Å². The molecule has 5 rings (SSSR count). The standard InChI is InChI=1S/C23H25N5O2S/c29-21(27-14-13-19(26-27)17-8-3-1-4-9-17)16-31-23-25-24-22(20-12-7-15-30-20)28(23)18-10-5-2-6-11-18/h1,3-4,7-9,12,15,18H,2,5-6,10-11,13-14,16H2. The second-order valence-corrected chi connectivity index (χ2v) is 8.86. The van der Waals surface area contributed by atoms with Gasteiger partial charge in [-0.1, -0.05) is 61.4 Å². The van der Waals surface area contributed by atoms with Gasteiger partial charge in [-0.25, -0.2) is 5.01 Å². The van der Waals surface area contributed by atoms with E-state index >= 15 is 0 Å². The molecule has 8 heteroatoms. The molecule has 1 saturated carbocycles. The van der Waals surface area contributed by atoms with Gasteiger partial charge >= 0.3 is 0 Å². The van der Waals surface area contributed by atoms with E-state index in [9.17, 15) is 4.79 Å². The van der Waals surface area contributed by atoms with Gasteiger partial charge in [-0.2, -0.15) is 5.10 Å². The van der Waals surface area contributed by atoms with E-state index in [0.717, 1.165) is 41.5 Å². The number of rotatable bonds is 6. The van der Waals surface area contributed by atoms with Crippen LogP contribution in [0.3, 0.4) is 0 Å². The maximum absolute atomic E-state index is 12.8. The molecule has 0 radical (unpaired) electrons. The van der Waals surface area contributed by atoms with Crippen molar-refractivity contribution in [2.75, 3.05) is 12.3 Å². The summed E-state index contributed by atoms with van der Waals surface area (Å²) in [6.45, 7) is 0.622. The van der Waals surface area contributed by atoms with Crippen LogP contribution in [0.4, 0.5) is 0 Å². The first-order valence-electron chi connectivity index (χ1n) is 10.8. The summed E-state index contributed by atoms with van der Waals surface area (Å²) in [5.74, 6) is 1.74. The minimum Gasteiger partial charge on any atom is -0.461 e. The van der Waals surface area contributed by atoms with Gasteiger partial charge in [-0.3, -0.25) is 9.36 Å². The summed E-state index contributed by atoms with van der Waals surface area (Å²) in [5.41, 5.74) is 2.04. The zero-order chi connectivity index (χ0) is 21.0. The molecular formula is C23H25N5O2S. The Kier molecular flexibility index (Phi) is 5.88. The fourth-order valence-corrected chi connectivity index (χ4v) is 5.16. The third kappa shape index (κ3) is 4.30. The molecule has 1 amide bonds. The smallest absolute Gasteiger partial charge is 0.253 e. The predicted molar refractivity (Wildman–Crippen MR) is 120 cm³/mol. The Morgan fingerprint density at radius 3 is 2.68 bits per heavy atom. The molecule has 0 unspecified atom stereocenters. The average molecular weight is 436 g/mol. The second-order valence-electron chi connectivity index (χ2n) is 7.91. The maximum Gasteiger partial charge on any atom is 0.253 e. The van der Waals surface area contributed by atoms with Crippen LogP contribution in [-0.4, -0.2) is 43.7 Å². The van der Waals surface area contributed by atoms with Crippen LogP contribution in [0.1, 0.15) is 50.1 Å². The van der Waals surface area contributed by atoms with Gasteiger partial charge in [-0.15, -0.1) is 10.2 Å². The molecule has 1 aliphatic heterocycles. The Morgan fingerprint density at radius 1 is 1.06 bits per heavy atom. The molecule has 31 heavy (non-hydrogen) atoms. The Labute approximate surface area is 185 Å². The third-order valence-corrected chi connectivity index (χ3v) is 6.80. The summed E-state index contributed by atoms with van der Waals surface area (Å²) in [5, 5.41) is 15.7. The zero-order valence-electron chi connectivity index (χ0n) is 17.3. The Bertz CT molecular complexity index is 1060. The van der Waals surface area contributed by atoms with Crippen molar-refractivity contribution in [3.8, 4) is 11.6 Å². The van der Waals surface area contributed by atoms with E-state index < -0.39 is 0 Å². The predicted octanol–water partition coefficient (Wildman–Crippen LogP) is 4.77. The van der Waals surface area contributed by atoms with E-state index in [2.05, 4.69) is 19.9 Å². The summed E-state index contributed by atoms with van der Waals surface area (Å²) in [4.78, 5) is 12.8. The van der Waals surface area contributed by atoms with Crippen molar-refractivity contribution in [1.82, 2.24) is 19.8 Å². The van der Waals surface area contributed by atoms with Gasteiger partial charge in [0.25, 0.3) is 5.91 Å². The molecule has 1 fully saturated rings. The fourth-order valence-electron chi connectivity index (χ4n) is 4.29. The highest BCUT2D eigenvalue weighted by molar-refractivity contribution is 7.99. The molecule has 2 aromatic heterocycles. The van der Waals surface area contributed by atoms with Crippen LogP contribution in [0.2, 0.25) is 0 Å². The number of hydrogen-bond acceptors (Lipinski definition) is 6. The molecular weight excluding hydrogens is 410 g/mol. The lowest BCUT2D eigenvalue weighted by molar-refractivity contribution is -0.127. The van der Waals surface area contributed by atoms with Crippen LogP contribution < -0.4 is 0 Å². The number of carbonyl (C=O) groups is 1. The molecule has 0 bridgehead atoms. The lowest BCUT2D eigenvalue weighted by atomic mass is 9.95. The van der Waals surface area contributed by atoms with E-state index in [0.29, 0.717) is 18.3 Å². The number of hydrogen-bond donors (Lipinski definition) is 0. The Morgan fingerprint density at radius 2 is 1.90 bits per heavy atom. The molecule has 160 valence electrons. The van der Waals surface area contributed by atoms with Gasteiger partial charge < -0.3 is 4.42 Å². The molecule has 1 aromatic carbocycles. The SMILES string of the molecule is O=C(CSc1nnc(-c2ccco2)n1C1CCCCC1)N1CCC(c2ccccc2)=N1. The van der Waals surface area contributed by atoms with Crippen molar-refractivity contribution in [3.63, 3.8) is 0 Å². The first-order valence-corrected chi connectivity index (χ1v) is 11.8. The van der Waals surface area contributed by atoms with Crippen molar-refractivity contribution < 1.29 is 9.21 Å². The van der Waals surface area contributed by atoms with E-state index in [4.69, 9.17) is 4.42 Å². The van der Waals surface area contributed by atoms with Crippen molar-refractivity contribution in [2.45, 2.75) is 49.7 Å². The van der Waals surface area contributed by atoms with Crippen LogP contribution in [0, 0.1) is 0 Å². The van der Waals surface area contributed by atoms with Gasteiger partial charge in [0.15, 0.2) is 10.9 Å². The largest absolute Gasteiger partial charge is 0.461 e. The highest BCUT2D eigenvalue weighted by Gasteiger charge is 2.27. The second kappa shape index (κ2) is 9.09. The Hall–Kier alpha value is -2.87. The molecule has 2 aliphatic rings. The summed E-state index contributed by atoms with van der Waals surface area (Å²) in [6.07, 6.45) is 8.31. The highest BCUT2D eigenvalue weighted by atomic mass is 32.2. The van der Waals surface area contributed by atoms with Crippen molar-refractivity contribution in [3.05, 3.63) is 54.3 Å². The molecule has 0 spiro atoms. The average Bonchev–Trinajstić information content (AvgIpc) is 3.59. The molecule has 1 aliphatic carbocycles. The number of thioether (sulfide) groups is 1. The number of nitrogens with zero attached hydrogens (tertiary/aromatic N) is 5. The van der Waals surface area contributed by atoms with Crippen molar-refractivity contribution in [2.24, 2.45) is 5.10 Å². The summed E-state index contributed by atoms with van der Waals surface area (Å²) < 4.78 is 7.78. The molecule has 3 aromatic rings. The van der Waals surface area contributed by atoms with Gasteiger partial charge in [-0.05, 0) is 30.5 Å². The quantitative estimate of drug-likeness (QED) is 0.521. The first-order chi connectivity index (χ1) is 15.3. The van der Waals surface area contributed by atoms with Gasteiger partial charge in [0, 0.05) is 12.5 Å². The van der Waals surface area contributed by atoms with Crippen LogP contribution in [0.5, 0.6) is 0 Å². The molecule has 0 atom stereocenters. The summed E-state index contributed by atoms with van der Waals surface area (Å²) in [7, 11) is 0. The normalized spacial score (nSPS) is 17.2. The number of aromatic nitrogens is 3.